The predicted octanol–water partition coefficient (Wildman–Crippen LogP) is 4.85. The number of H-pyrrole nitrogens is 1. The third kappa shape index (κ3) is 3.86. The van der Waals surface area contributed by atoms with Gasteiger partial charge in [0.05, 0.1) is 11.0 Å². The molecular weight excluding hydrogens is 332 g/mol. The van der Waals surface area contributed by atoms with E-state index in [4.69, 9.17) is 4.98 Å². The van der Waals surface area contributed by atoms with Gasteiger partial charge in [0.15, 0.2) is 0 Å². The lowest BCUT2D eigenvalue weighted by molar-refractivity contribution is 0.289. The average Bonchev–Trinajstić information content (AvgIpc) is 3.00. The van der Waals surface area contributed by atoms with Crippen LogP contribution in [0.15, 0.2) is 42.5 Å². The van der Waals surface area contributed by atoms with Crippen LogP contribution in [0.2, 0.25) is 0 Å². The van der Waals surface area contributed by atoms with Gasteiger partial charge in [-0.15, -0.1) is 0 Å². The number of aromatic amines is 1. The normalized spacial score (nSPS) is 16.0. The smallest absolute Gasteiger partial charge is 0.140 e. The molecule has 1 saturated heterocycles. The van der Waals surface area contributed by atoms with Crippen LogP contribution in [0, 0.1) is 6.92 Å². The van der Waals surface area contributed by atoms with Gasteiger partial charge in [-0.05, 0) is 56.6 Å². The molecule has 0 bridgehead atoms. The zero-order valence-corrected chi connectivity index (χ0v) is 16.5. The van der Waals surface area contributed by atoms with Crippen LogP contribution in [0.3, 0.4) is 0 Å². The first kappa shape index (κ1) is 18.1. The van der Waals surface area contributed by atoms with E-state index in [1.807, 2.05) is 0 Å². The van der Waals surface area contributed by atoms with E-state index >= 15 is 0 Å². The molecule has 2 heterocycles. The molecule has 0 radical (unpaired) electrons. The summed E-state index contributed by atoms with van der Waals surface area (Å²) in [6.07, 6.45) is 3.79. The maximum atomic E-state index is 4.92. The number of hydrogen-bond acceptors (Lipinski definition) is 3. The highest BCUT2D eigenvalue weighted by Crippen LogP contribution is 2.31. The molecule has 1 N–H and O–H groups in total. The maximum Gasteiger partial charge on any atom is 0.140 e. The molecule has 0 saturated carbocycles. The van der Waals surface area contributed by atoms with Crippen molar-refractivity contribution in [3.05, 3.63) is 48.0 Å². The van der Waals surface area contributed by atoms with Crippen molar-refractivity contribution in [2.24, 2.45) is 0 Å². The average molecular weight is 363 g/mol. The van der Waals surface area contributed by atoms with Crippen LogP contribution in [-0.2, 0) is 0 Å². The summed E-state index contributed by atoms with van der Waals surface area (Å²) in [6.45, 7) is 10.2. The molecule has 4 heteroatoms. The fourth-order valence-electron chi connectivity index (χ4n) is 4.07. The van der Waals surface area contributed by atoms with Crippen LogP contribution in [0.4, 0.5) is 5.69 Å². The van der Waals surface area contributed by atoms with Crippen LogP contribution in [0.5, 0.6) is 0 Å². The van der Waals surface area contributed by atoms with Gasteiger partial charge < -0.3 is 14.8 Å². The van der Waals surface area contributed by atoms with Gasteiger partial charge in [-0.1, -0.05) is 37.6 Å². The Morgan fingerprint density at radius 1 is 1.00 bits per heavy atom. The molecule has 1 fully saturated rings. The SMILES string of the molecule is CCCCN1CCCN(c2ccccc2-c2nc3c(C)cccc3[nH]2)CC1. The highest BCUT2D eigenvalue weighted by atomic mass is 15.2. The van der Waals surface area contributed by atoms with Gasteiger partial charge in [-0.25, -0.2) is 4.98 Å². The molecule has 0 amide bonds. The lowest BCUT2D eigenvalue weighted by atomic mass is 10.1. The van der Waals surface area contributed by atoms with E-state index in [2.05, 4.69) is 71.1 Å². The minimum Gasteiger partial charge on any atom is -0.370 e. The number of fused-ring (bicyclic) bond motifs is 1. The van der Waals surface area contributed by atoms with E-state index in [9.17, 15) is 0 Å². The lowest BCUT2D eigenvalue weighted by Crippen LogP contribution is -2.31. The van der Waals surface area contributed by atoms with E-state index < -0.39 is 0 Å². The Balaban J connectivity index is 1.62. The van der Waals surface area contributed by atoms with Crippen molar-refractivity contribution >= 4 is 16.7 Å². The number of aryl methyl sites for hydroxylation is 1. The third-order valence-corrected chi connectivity index (χ3v) is 5.63. The predicted molar refractivity (Wildman–Crippen MR) is 114 cm³/mol. The second kappa shape index (κ2) is 8.13. The Hall–Kier alpha value is -2.33. The summed E-state index contributed by atoms with van der Waals surface area (Å²) < 4.78 is 0. The highest BCUT2D eigenvalue weighted by molar-refractivity contribution is 5.85. The maximum absolute atomic E-state index is 4.92. The lowest BCUT2D eigenvalue weighted by Gasteiger charge is -2.25. The third-order valence-electron chi connectivity index (χ3n) is 5.63. The standard InChI is InChI=1S/C23H30N4/c1-3-4-13-26-14-8-15-27(17-16-26)21-12-6-5-10-19(21)23-24-20-11-7-9-18(2)22(20)25-23/h5-7,9-12H,3-4,8,13-17H2,1-2H3,(H,24,25). The molecule has 1 aliphatic rings. The van der Waals surface area contributed by atoms with Crippen LogP contribution >= 0.6 is 0 Å². The number of imidazole rings is 1. The van der Waals surface area contributed by atoms with Crippen molar-refractivity contribution < 1.29 is 0 Å². The molecule has 2 aromatic carbocycles. The van der Waals surface area contributed by atoms with Crippen LogP contribution in [0.1, 0.15) is 31.7 Å². The summed E-state index contributed by atoms with van der Waals surface area (Å²) in [5.41, 5.74) is 5.90. The number of rotatable bonds is 5. The Morgan fingerprint density at radius 2 is 1.89 bits per heavy atom. The summed E-state index contributed by atoms with van der Waals surface area (Å²) in [5, 5.41) is 0. The van der Waals surface area contributed by atoms with E-state index in [-0.39, 0.29) is 0 Å². The molecule has 0 aliphatic carbocycles. The molecule has 0 spiro atoms. The van der Waals surface area contributed by atoms with Crippen molar-refractivity contribution in [3.8, 4) is 11.4 Å². The fourth-order valence-corrected chi connectivity index (χ4v) is 4.07. The Labute approximate surface area is 162 Å². The molecule has 142 valence electrons. The number of nitrogens with one attached hydrogen (secondary N) is 1. The summed E-state index contributed by atoms with van der Waals surface area (Å²) in [6, 6.07) is 15.0. The molecule has 3 aromatic rings. The summed E-state index contributed by atoms with van der Waals surface area (Å²) in [5.74, 6) is 0.974. The molecule has 1 aliphatic heterocycles. The Bertz CT molecular complexity index is 898. The second-order valence-electron chi connectivity index (χ2n) is 7.61. The number of nitrogens with zero attached hydrogens (tertiary/aromatic N) is 3. The monoisotopic (exact) mass is 362 g/mol. The fraction of sp³-hybridized carbons (Fsp3) is 0.435. The van der Waals surface area contributed by atoms with Crippen LogP contribution in [0.25, 0.3) is 22.4 Å². The summed E-state index contributed by atoms with van der Waals surface area (Å²) >= 11 is 0. The minimum atomic E-state index is 0.974. The van der Waals surface area contributed by atoms with Gasteiger partial charge >= 0.3 is 0 Å². The van der Waals surface area contributed by atoms with Crippen molar-refractivity contribution in [2.75, 3.05) is 37.6 Å². The van der Waals surface area contributed by atoms with Crippen LogP contribution in [-0.4, -0.2) is 47.6 Å². The first-order valence-corrected chi connectivity index (χ1v) is 10.3. The van der Waals surface area contributed by atoms with E-state index in [1.165, 1.54) is 49.2 Å². The number of para-hydroxylation sites is 2. The Morgan fingerprint density at radius 3 is 2.74 bits per heavy atom. The summed E-state index contributed by atoms with van der Waals surface area (Å²) in [7, 11) is 0. The quantitative estimate of drug-likeness (QED) is 0.705. The van der Waals surface area contributed by atoms with E-state index in [1.54, 1.807) is 0 Å². The molecule has 0 unspecified atom stereocenters. The molecular formula is C23H30N4. The van der Waals surface area contributed by atoms with E-state index in [0.29, 0.717) is 0 Å². The molecule has 4 nitrogen and oxygen atoms in total. The Kier molecular flexibility index (Phi) is 5.44. The number of benzene rings is 2. The molecule has 0 atom stereocenters. The van der Waals surface area contributed by atoms with Crippen molar-refractivity contribution in [1.82, 2.24) is 14.9 Å². The summed E-state index contributed by atoms with van der Waals surface area (Å²) in [4.78, 5) is 13.6. The van der Waals surface area contributed by atoms with Crippen LogP contribution < -0.4 is 4.90 Å². The largest absolute Gasteiger partial charge is 0.370 e. The van der Waals surface area contributed by atoms with E-state index in [0.717, 1.165) is 36.5 Å². The van der Waals surface area contributed by atoms with Gasteiger partial charge in [-0.3, -0.25) is 0 Å². The van der Waals surface area contributed by atoms with Gasteiger partial charge in [0, 0.05) is 30.9 Å². The first-order valence-electron chi connectivity index (χ1n) is 10.3. The number of unbranched alkanes of at least 4 members (excludes halogenated alkanes) is 1. The molecule has 27 heavy (non-hydrogen) atoms. The second-order valence-corrected chi connectivity index (χ2v) is 7.61. The molecule has 4 rings (SSSR count). The van der Waals surface area contributed by atoms with Crippen molar-refractivity contribution in [1.29, 1.82) is 0 Å². The van der Waals surface area contributed by atoms with Crippen molar-refractivity contribution in [2.45, 2.75) is 33.1 Å². The highest BCUT2D eigenvalue weighted by Gasteiger charge is 2.19. The first-order chi connectivity index (χ1) is 13.3. The zero-order chi connectivity index (χ0) is 18.6. The minimum absolute atomic E-state index is 0.974. The number of hydrogen-bond donors (Lipinski definition) is 1. The topological polar surface area (TPSA) is 35.2 Å². The van der Waals surface area contributed by atoms with Gasteiger partial charge in [0.2, 0.25) is 0 Å². The van der Waals surface area contributed by atoms with Crippen molar-refractivity contribution in [3.63, 3.8) is 0 Å². The van der Waals surface area contributed by atoms with Gasteiger partial charge in [0.25, 0.3) is 0 Å². The zero-order valence-electron chi connectivity index (χ0n) is 16.5. The molecule has 1 aromatic heterocycles. The number of anilines is 1. The van der Waals surface area contributed by atoms with Gasteiger partial charge in [-0.2, -0.15) is 0 Å². The van der Waals surface area contributed by atoms with Gasteiger partial charge in [0.1, 0.15) is 5.82 Å². The number of aromatic nitrogens is 2.